The lowest BCUT2D eigenvalue weighted by molar-refractivity contribution is -0.123. The normalized spacial score (nSPS) is 21.5. The van der Waals surface area contributed by atoms with Gasteiger partial charge in [0.2, 0.25) is 0 Å². The summed E-state index contributed by atoms with van der Waals surface area (Å²) in [6.45, 7) is 8.08. The van der Waals surface area contributed by atoms with Gasteiger partial charge in [0.05, 0.1) is 6.04 Å². The maximum absolute atomic E-state index is 12.1. The molecular formula is C13H21Cl2NO. The molecule has 1 aliphatic carbocycles. The van der Waals surface area contributed by atoms with Crippen LogP contribution in [0.1, 0.15) is 34.1 Å². The van der Waals surface area contributed by atoms with Crippen LogP contribution in [0.25, 0.3) is 0 Å². The molecule has 0 fully saturated rings. The highest BCUT2D eigenvalue weighted by molar-refractivity contribution is 6.31. The molecule has 0 unspecified atom stereocenters. The Labute approximate surface area is 115 Å². The molecule has 98 valence electrons. The number of allylic oxidation sites excluding steroid dienone is 4. The Morgan fingerprint density at radius 2 is 2.12 bits per heavy atom. The van der Waals surface area contributed by atoms with E-state index in [1.165, 1.54) is 0 Å². The van der Waals surface area contributed by atoms with Crippen LogP contribution in [0.15, 0.2) is 23.3 Å². The zero-order valence-electron chi connectivity index (χ0n) is 10.8. The van der Waals surface area contributed by atoms with Crippen molar-refractivity contribution in [1.29, 1.82) is 0 Å². The molecule has 0 aromatic heterocycles. The minimum atomic E-state index is -0.141. The number of ketones is 1. The monoisotopic (exact) mass is 277 g/mol. The highest BCUT2D eigenvalue weighted by atomic mass is 35.5. The van der Waals surface area contributed by atoms with Gasteiger partial charge in [0.15, 0.2) is 5.78 Å². The van der Waals surface area contributed by atoms with E-state index in [-0.39, 0.29) is 35.7 Å². The van der Waals surface area contributed by atoms with E-state index in [9.17, 15) is 4.79 Å². The third kappa shape index (κ3) is 5.71. The molecule has 0 spiro atoms. The number of rotatable bonds is 3. The van der Waals surface area contributed by atoms with Gasteiger partial charge in [0.1, 0.15) is 0 Å². The second-order valence-corrected chi connectivity index (χ2v) is 5.75. The van der Waals surface area contributed by atoms with Gasteiger partial charge in [-0.3, -0.25) is 4.79 Å². The molecule has 4 heteroatoms. The molecule has 0 aromatic carbocycles. The Morgan fingerprint density at radius 1 is 1.53 bits per heavy atom. The zero-order chi connectivity index (χ0) is 12.3. The van der Waals surface area contributed by atoms with Crippen molar-refractivity contribution in [3.05, 3.63) is 23.3 Å². The maximum Gasteiger partial charge on any atom is 0.156 e. The van der Waals surface area contributed by atoms with E-state index >= 15 is 0 Å². The number of hydrogen-bond donors (Lipinski definition) is 1. The van der Waals surface area contributed by atoms with Gasteiger partial charge in [-0.25, -0.2) is 0 Å². The Kier molecular flexibility index (Phi) is 6.46. The van der Waals surface area contributed by atoms with Crippen LogP contribution in [0.4, 0.5) is 0 Å². The predicted octanol–water partition coefficient (Wildman–Crippen LogP) is 3.45. The number of carbonyl (C=O) groups is 1. The number of halogens is 2. The van der Waals surface area contributed by atoms with Crippen LogP contribution in [0.3, 0.4) is 0 Å². The molecule has 1 N–H and O–H groups in total. The molecule has 2 atom stereocenters. The first-order chi connectivity index (χ1) is 7.29. The molecule has 2 nitrogen and oxygen atoms in total. The van der Waals surface area contributed by atoms with Crippen LogP contribution < -0.4 is 5.32 Å². The third-order valence-electron chi connectivity index (χ3n) is 2.47. The van der Waals surface area contributed by atoms with Crippen molar-refractivity contribution < 1.29 is 4.79 Å². The van der Waals surface area contributed by atoms with E-state index in [1.807, 2.05) is 25.2 Å². The van der Waals surface area contributed by atoms with Crippen molar-refractivity contribution in [3.63, 3.8) is 0 Å². The summed E-state index contributed by atoms with van der Waals surface area (Å²) in [5, 5.41) is 3.94. The molecule has 1 rings (SSSR count). The topological polar surface area (TPSA) is 29.1 Å². The predicted molar refractivity (Wildman–Crippen MR) is 75.8 cm³/mol. The molecule has 1 aliphatic rings. The Balaban J connectivity index is 0.00000256. The first-order valence-electron chi connectivity index (χ1n) is 5.65. The molecule has 0 amide bonds. The second-order valence-electron chi connectivity index (χ2n) is 5.31. The van der Waals surface area contributed by atoms with Crippen LogP contribution >= 0.6 is 24.0 Å². The first-order valence-corrected chi connectivity index (χ1v) is 6.02. The number of Topliss-reactive ketones (excluding diaryl/α,β-unsaturated/α-hetero) is 1. The minimum absolute atomic E-state index is 0. The average Bonchev–Trinajstić information content (AvgIpc) is 2.14. The molecule has 0 saturated heterocycles. The van der Waals surface area contributed by atoms with E-state index in [4.69, 9.17) is 11.6 Å². The standard InChI is InChI=1S/C13H20ClNO.ClH/c1-9(15-13(2,3)4)12(16)10-6-5-7-11(14)8-10;/h5,7-10,15H,6H2,1-4H3;1H/t9-,10+;/m0./s1. The summed E-state index contributed by atoms with van der Waals surface area (Å²) in [4.78, 5) is 12.1. The molecule has 0 saturated carbocycles. The lowest BCUT2D eigenvalue weighted by atomic mass is 9.91. The van der Waals surface area contributed by atoms with Crippen molar-refractivity contribution in [2.75, 3.05) is 0 Å². The van der Waals surface area contributed by atoms with E-state index in [1.54, 1.807) is 0 Å². The van der Waals surface area contributed by atoms with Gasteiger partial charge in [-0.15, -0.1) is 12.4 Å². The Bertz CT molecular complexity index is 329. The maximum atomic E-state index is 12.1. The summed E-state index contributed by atoms with van der Waals surface area (Å²) in [5.74, 6) is 0.125. The van der Waals surface area contributed by atoms with Crippen LogP contribution in [0.5, 0.6) is 0 Å². The van der Waals surface area contributed by atoms with Crippen LogP contribution in [0, 0.1) is 5.92 Å². The quantitative estimate of drug-likeness (QED) is 0.856. The Hall–Kier alpha value is -0.310. The molecule has 0 aromatic rings. The molecule has 0 bridgehead atoms. The Morgan fingerprint density at radius 3 is 2.59 bits per heavy atom. The van der Waals surface area contributed by atoms with Gasteiger partial charge in [0, 0.05) is 16.5 Å². The van der Waals surface area contributed by atoms with Gasteiger partial charge in [-0.05, 0) is 40.2 Å². The van der Waals surface area contributed by atoms with Crippen molar-refractivity contribution in [2.24, 2.45) is 5.92 Å². The summed E-state index contributed by atoms with van der Waals surface area (Å²) >= 11 is 5.89. The molecule has 0 aliphatic heterocycles. The summed E-state index contributed by atoms with van der Waals surface area (Å²) < 4.78 is 0. The lowest BCUT2D eigenvalue weighted by Gasteiger charge is -2.27. The lowest BCUT2D eigenvalue weighted by Crippen LogP contribution is -2.47. The van der Waals surface area contributed by atoms with Gasteiger partial charge < -0.3 is 5.32 Å². The molecular weight excluding hydrogens is 257 g/mol. The summed E-state index contributed by atoms with van der Waals surface area (Å²) in [6.07, 6.45) is 6.39. The van der Waals surface area contributed by atoms with Crippen LogP contribution in [-0.2, 0) is 4.79 Å². The number of hydrogen-bond acceptors (Lipinski definition) is 2. The van der Waals surface area contributed by atoms with Crippen molar-refractivity contribution >= 4 is 29.8 Å². The van der Waals surface area contributed by atoms with Crippen molar-refractivity contribution in [1.82, 2.24) is 5.32 Å². The minimum Gasteiger partial charge on any atom is -0.303 e. The molecule has 0 heterocycles. The van der Waals surface area contributed by atoms with E-state index in [2.05, 4.69) is 26.1 Å². The van der Waals surface area contributed by atoms with Crippen LogP contribution in [-0.4, -0.2) is 17.4 Å². The first kappa shape index (κ1) is 16.7. The van der Waals surface area contributed by atoms with Gasteiger partial charge >= 0.3 is 0 Å². The van der Waals surface area contributed by atoms with Gasteiger partial charge in [-0.2, -0.15) is 0 Å². The number of nitrogens with one attached hydrogen (secondary N) is 1. The van der Waals surface area contributed by atoms with E-state index in [0.717, 1.165) is 6.42 Å². The summed E-state index contributed by atoms with van der Waals surface area (Å²) in [6, 6.07) is -0.141. The fraction of sp³-hybridized carbons (Fsp3) is 0.615. The van der Waals surface area contributed by atoms with E-state index in [0.29, 0.717) is 5.03 Å². The van der Waals surface area contributed by atoms with Crippen molar-refractivity contribution in [3.8, 4) is 0 Å². The molecule has 0 radical (unpaired) electrons. The largest absolute Gasteiger partial charge is 0.303 e. The highest BCUT2D eigenvalue weighted by Gasteiger charge is 2.25. The summed E-state index contributed by atoms with van der Waals surface area (Å²) in [7, 11) is 0. The van der Waals surface area contributed by atoms with E-state index < -0.39 is 0 Å². The summed E-state index contributed by atoms with van der Waals surface area (Å²) in [5.41, 5.74) is -0.0485. The van der Waals surface area contributed by atoms with Gasteiger partial charge in [0.25, 0.3) is 0 Å². The molecule has 17 heavy (non-hydrogen) atoms. The average molecular weight is 278 g/mol. The smallest absolute Gasteiger partial charge is 0.156 e. The van der Waals surface area contributed by atoms with Crippen molar-refractivity contribution in [2.45, 2.75) is 45.7 Å². The fourth-order valence-electron chi connectivity index (χ4n) is 1.88. The third-order valence-corrected chi connectivity index (χ3v) is 2.72. The fourth-order valence-corrected chi connectivity index (χ4v) is 2.12. The van der Waals surface area contributed by atoms with Gasteiger partial charge in [-0.1, -0.05) is 23.8 Å². The zero-order valence-corrected chi connectivity index (χ0v) is 12.4. The second kappa shape index (κ2) is 6.58. The SMILES string of the molecule is C[C@H](NC(C)(C)C)C(=O)[C@H]1C=C(Cl)C=CC1.Cl. The number of carbonyl (C=O) groups excluding carboxylic acids is 1. The van der Waals surface area contributed by atoms with Crippen LogP contribution in [0.2, 0.25) is 0 Å². The highest BCUT2D eigenvalue weighted by Crippen LogP contribution is 2.21.